The summed E-state index contributed by atoms with van der Waals surface area (Å²) in [4.78, 5) is 8.77. The average Bonchev–Trinajstić information content (AvgIpc) is 2.69. The number of rotatable bonds is 3. The van der Waals surface area contributed by atoms with Crippen molar-refractivity contribution in [3.05, 3.63) is 16.5 Å². The van der Waals surface area contributed by atoms with Crippen molar-refractivity contribution >= 4 is 15.9 Å². The van der Waals surface area contributed by atoms with Crippen LogP contribution in [0.3, 0.4) is 0 Å². The van der Waals surface area contributed by atoms with Crippen LogP contribution in [0, 0.1) is 0 Å². The first-order valence-corrected chi connectivity index (χ1v) is 6.65. The zero-order valence-corrected chi connectivity index (χ0v) is 11.3. The topological polar surface area (TPSA) is 35.0 Å². The predicted molar refractivity (Wildman–Crippen MR) is 66.7 cm³/mol. The van der Waals surface area contributed by atoms with Crippen molar-refractivity contribution in [2.24, 2.45) is 0 Å². The number of ether oxygens (including phenoxy) is 1. The van der Waals surface area contributed by atoms with Crippen molar-refractivity contribution in [1.82, 2.24) is 9.97 Å². The van der Waals surface area contributed by atoms with Crippen LogP contribution in [0.5, 0.6) is 5.88 Å². The second-order valence-electron chi connectivity index (χ2n) is 4.57. The SMILES string of the molecule is CC(C)c1nc(Br)cc(OC2CCCC2)n1. The standard InChI is InChI=1S/C12H17BrN2O/c1-8(2)12-14-10(13)7-11(15-12)16-9-5-3-4-6-9/h7-9H,3-6H2,1-2H3. The van der Waals surface area contributed by atoms with Gasteiger partial charge in [0.2, 0.25) is 5.88 Å². The van der Waals surface area contributed by atoms with Crippen LogP contribution in [0.1, 0.15) is 51.3 Å². The van der Waals surface area contributed by atoms with Gasteiger partial charge < -0.3 is 4.74 Å². The van der Waals surface area contributed by atoms with E-state index in [0.29, 0.717) is 17.9 Å². The fraction of sp³-hybridized carbons (Fsp3) is 0.667. The highest BCUT2D eigenvalue weighted by atomic mass is 79.9. The summed E-state index contributed by atoms with van der Waals surface area (Å²) in [7, 11) is 0. The molecule has 0 bridgehead atoms. The Morgan fingerprint density at radius 2 is 2.00 bits per heavy atom. The Kier molecular flexibility index (Phi) is 3.79. The molecule has 3 nitrogen and oxygen atoms in total. The average molecular weight is 285 g/mol. The van der Waals surface area contributed by atoms with E-state index in [0.717, 1.165) is 23.3 Å². The van der Waals surface area contributed by atoms with Crippen LogP contribution in [0.2, 0.25) is 0 Å². The molecule has 0 unspecified atom stereocenters. The number of halogens is 1. The van der Waals surface area contributed by atoms with Crippen LogP contribution >= 0.6 is 15.9 Å². The van der Waals surface area contributed by atoms with E-state index >= 15 is 0 Å². The van der Waals surface area contributed by atoms with Gasteiger partial charge in [0, 0.05) is 12.0 Å². The smallest absolute Gasteiger partial charge is 0.218 e. The molecule has 0 atom stereocenters. The number of hydrogen-bond acceptors (Lipinski definition) is 3. The first kappa shape index (κ1) is 11.8. The van der Waals surface area contributed by atoms with E-state index in [1.807, 2.05) is 6.07 Å². The Hall–Kier alpha value is -0.640. The van der Waals surface area contributed by atoms with Crippen molar-refractivity contribution in [2.75, 3.05) is 0 Å². The zero-order chi connectivity index (χ0) is 11.5. The molecular weight excluding hydrogens is 268 g/mol. The maximum absolute atomic E-state index is 5.87. The lowest BCUT2D eigenvalue weighted by Gasteiger charge is -2.13. The number of hydrogen-bond donors (Lipinski definition) is 0. The van der Waals surface area contributed by atoms with E-state index in [4.69, 9.17) is 4.74 Å². The van der Waals surface area contributed by atoms with E-state index in [-0.39, 0.29) is 0 Å². The monoisotopic (exact) mass is 284 g/mol. The van der Waals surface area contributed by atoms with Gasteiger partial charge in [-0.1, -0.05) is 13.8 Å². The molecule has 0 aliphatic heterocycles. The molecule has 1 saturated carbocycles. The summed E-state index contributed by atoms with van der Waals surface area (Å²) in [6.45, 7) is 4.17. The van der Waals surface area contributed by atoms with E-state index in [2.05, 4.69) is 39.7 Å². The van der Waals surface area contributed by atoms with Gasteiger partial charge in [-0.15, -0.1) is 0 Å². The van der Waals surface area contributed by atoms with Gasteiger partial charge in [0.25, 0.3) is 0 Å². The normalized spacial score (nSPS) is 17.0. The quantitative estimate of drug-likeness (QED) is 0.794. The summed E-state index contributed by atoms with van der Waals surface area (Å²) >= 11 is 3.40. The van der Waals surface area contributed by atoms with E-state index in [1.165, 1.54) is 12.8 Å². The molecule has 2 rings (SSSR count). The van der Waals surface area contributed by atoms with Gasteiger partial charge in [-0.05, 0) is 41.6 Å². The second-order valence-corrected chi connectivity index (χ2v) is 5.38. The molecule has 4 heteroatoms. The van der Waals surface area contributed by atoms with Crippen LogP contribution in [-0.4, -0.2) is 16.1 Å². The summed E-state index contributed by atoms with van der Waals surface area (Å²) in [5, 5.41) is 0. The maximum Gasteiger partial charge on any atom is 0.218 e. The molecule has 0 amide bonds. The number of aromatic nitrogens is 2. The third kappa shape index (κ3) is 2.94. The Morgan fingerprint density at radius 1 is 1.31 bits per heavy atom. The van der Waals surface area contributed by atoms with Crippen molar-refractivity contribution in [3.8, 4) is 5.88 Å². The second kappa shape index (κ2) is 5.13. The van der Waals surface area contributed by atoms with Crippen LogP contribution < -0.4 is 4.74 Å². The number of nitrogens with zero attached hydrogens (tertiary/aromatic N) is 2. The molecule has 1 fully saturated rings. The lowest BCUT2D eigenvalue weighted by Crippen LogP contribution is -2.13. The molecule has 0 spiro atoms. The third-order valence-electron chi connectivity index (χ3n) is 2.79. The Bertz CT molecular complexity index is 362. The first-order valence-electron chi connectivity index (χ1n) is 5.86. The Balaban J connectivity index is 2.13. The first-order chi connectivity index (χ1) is 7.65. The molecule has 0 radical (unpaired) electrons. The highest BCUT2D eigenvalue weighted by Crippen LogP contribution is 2.25. The molecule has 1 heterocycles. The lowest BCUT2D eigenvalue weighted by molar-refractivity contribution is 0.200. The molecule has 1 aromatic rings. The van der Waals surface area contributed by atoms with Gasteiger partial charge in [-0.25, -0.2) is 4.98 Å². The zero-order valence-electron chi connectivity index (χ0n) is 9.74. The van der Waals surface area contributed by atoms with Crippen molar-refractivity contribution in [1.29, 1.82) is 0 Å². The van der Waals surface area contributed by atoms with Crippen LogP contribution in [0.4, 0.5) is 0 Å². The van der Waals surface area contributed by atoms with Gasteiger partial charge in [0.1, 0.15) is 16.5 Å². The lowest BCUT2D eigenvalue weighted by atomic mass is 10.2. The summed E-state index contributed by atoms with van der Waals surface area (Å²) in [5.74, 6) is 1.86. The maximum atomic E-state index is 5.87. The van der Waals surface area contributed by atoms with E-state index < -0.39 is 0 Å². The molecule has 88 valence electrons. The van der Waals surface area contributed by atoms with Crippen LogP contribution in [-0.2, 0) is 0 Å². The Morgan fingerprint density at radius 3 is 2.62 bits per heavy atom. The third-order valence-corrected chi connectivity index (χ3v) is 3.20. The van der Waals surface area contributed by atoms with Gasteiger partial charge in [0.15, 0.2) is 0 Å². The van der Waals surface area contributed by atoms with Gasteiger partial charge in [-0.3, -0.25) is 0 Å². The molecule has 0 N–H and O–H groups in total. The molecule has 1 aromatic heterocycles. The summed E-state index contributed by atoms with van der Waals surface area (Å²) < 4.78 is 6.67. The fourth-order valence-corrected chi connectivity index (χ4v) is 2.29. The van der Waals surface area contributed by atoms with Gasteiger partial charge in [-0.2, -0.15) is 4.98 Å². The molecule has 1 aliphatic rings. The fourth-order valence-electron chi connectivity index (χ4n) is 1.91. The minimum atomic E-state index is 0.323. The van der Waals surface area contributed by atoms with Crippen molar-refractivity contribution < 1.29 is 4.74 Å². The van der Waals surface area contributed by atoms with Crippen molar-refractivity contribution in [3.63, 3.8) is 0 Å². The Labute approximate surface area is 105 Å². The van der Waals surface area contributed by atoms with E-state index in [9.17, 15) is 0 Å². The van der Waals surface area contributed by atoms with Crippen LogP contribution in [0.25, 0.3) is 0 Å². The van der Waals surface area contributed by atoms with Gasteiger partial charge >= 0.3 is 0 Å². The van der Waals surface area contributed by atoms with Gasteiger partial charge in [0.05, 0.1) is 0 Å². The summed E-state index contributed by atoms with van der Waals surface area (Å²) in [6.07, 6.45) is 5.20. The highest BCUT2D eigenvalue weighted by molar-refractivity contribution is 9.10. The minimum Gasteiger partial charge on any atom is -0.474 e. The largest absolute Gasteiger partial charge is 0.474 e. The minimum absolute atomic E-state index is 0.323. The molecule has 0 aromatic carbocycles. The predicted octanol–water partition coefficient (Wildman–Crippen LogP) is 3.68. The summed E-state index contributed by atoms with van der Waals surface area (Å²) in [6, 6.07) is 1.85. The molecular formula is C12H17BrN2O. The van der Waals surface area contributed by atoms with Crippen LogP contribution in [0.15, 0.2) is 10.7 Å². The summed E-state index contributed by atoms with van der Waals surface area (Å²) in [5.41, 5.74) is 0. The highest BCUT2D eigenvalue weighted by Gasteiger charge is 2.18. The van der Waals surface area contributed by atoms with E-state index in [1.54, 1.807) is 0 Å². The molecule has 0 saturated heterocycles. The molecule has 16 heavy (non-hydrogen) atoms. The molecule has 1 aliphatic carbocycles. The van der Waals surface area contributed by atoms with Crippen molar-refractivity contribution in [2.45, 2.75) is 51.6 Å².